The van der Waals surface area contributed by atoms with Crippen LogP contribution in [-0.2, 0) is 19.6 Å². The molecule has 1 rings (SSSR count). The van der Waals surface area contributed by atoms with Crippen molar-refractivity contribution in [3.05, 3.63) is 29.8 Å². The molecule has 0 radical (unpaired) electrons. The van der Waals surface area contributed by atoms with Crippen LogP contribution in [0.4, 0.5) is 10.5 Å². The summed E-state index contributed by atoms with van der Waals surface area (Å²) in [5.41, 5.74) is -0.0131. The molecule has 1 aromatic carbocycles. The minimum Gasteiger partial charge on any atom is -0.452 e. The topological polar surface area (TPSA) is 131 Å². The summed E-state index contributed by atoms with van der Waals surface area (Å²) in [5.74, 6) is -1.69. The zero-order valence-corrected chi connectivity index (χ0v) is 14.8. The number of urea groups is 1. The number of hydrogen-bond acceptors (Lipinski definition) is 6. The van der Waals surface area contributed by atoms with Gasteiger partial charge in [-0.1, -0.05) is 25.5 Å². The van der Waals surface area contributed by atoms with Crippen molar-refractivity contribution in [1.29, 1.82) is 0 Å². The van der Waals surface area contributed by atoms with E-state index >= 15 is 0 Å². The molecule has 9 nitrogen and oxygen atoms in total. The number of unbranched alkanes of at least 4 members (excludes halogenated alkanes) is 1. The van der Waals surface area contributed by atoms with Crippen LogP contribution in [0.1, 0.15) is 30.1 Å². The summed E-state index contributed by atoms with van der Waals surface area (Å²) in [6.45, 7) is 1.72. The first-order valence-electron chi connectivity index (χ1n) is 7.54. The fraction of sp³-hybridized carbons (Fsp3) is 0.400. The smallest absolute Gasteiger partial charge is 0.340 e. The number of benzene rings is 1. The van der Waals surface area contributed by atoms with Gasteiger partial charge < -0.3 is 10.1 Å². The molecule has 0 aliphatic rings. The molecule has 0 aromatic heterocycles. The largest absolute Gasteiger partial charge is 0.452 e. The maximum atomic E-state index is 12.0. The summed E-state index contributed by atoms with van der Waals surface area (Å²) in [6, 6.07) is 5.13. The van der Waals surface area contributed by atoms with Crippen molar-refractivity contribution in [2.75, 3.05) is 24.1 Å². The number of imide groups is 1. The quantitative estimate of drug-likeness (QED) is 0.458. The van der Waals surface area contributed by atoms with Crippen LogP contribution in [0.2, 0.25) is 0 Å². The Bertz CT molecular complexity index is 733. The highest BCUT2D eigenvalue weighted by Gasteiger charge is 2.17. The van der Waals surface area contributed by atoms with Crippen LogP contribution in [0, 0.1) is 0 Å². The fourth-order valence-electron chi connectivity index (χ4n) is 1.74. The van der Waals surface area contributed by atoms with E-state index in [-0.39, 0.29) is 11.3 Å². The number of nitrogens with one attached hydrogen (secondary N) is 3. The molecule has 0 bridgehead atoms. The van der Waals surface area contributed by atoms with Crippen molar-refractivity contribution in [3.8, 4) is 0 Å². The Morgan fingerprint density at radius 1 is 1.16 bits per heavy atom. The molecule has 138 valence electrons. The Morgan fingerprint density at radius 3 is 2.48 bits per heavy atom. The number of hydrogen-bond donors (Lipinski definition) is 3. The second kappa shape index (κ2) is 9.62. The lowest BCUT2D eigenvalue weighted by Crippen LogP contribution is -2.41. The third kappa shape index (κ3) is 8.15. The molecule has 0 unspecified atom stereocenters. The molecule has 0 atom stereocenters. The monoisotopic (exact) mass is 371 g/mol. The normalized spacial score (nSPS) is 10.6. The molecule has 25 heavy (non-hydrogen) atoms. The number of carbonyl (C=O) groups excluding carboxylic acids is 3. The van der Waals surface area contributed by atoms with E-state index in [1.54, 1.807) is 0 Å². The standard InChI is InChI=1S/C15H21N3O6S/c1-3-4-9-16-15(21)17-13(19)10-24-14(20)11-7-5-6-8-12(11)18-25(2,22)23/h5-8,18H,3-4,9-10H2,1-2H3,(H2,16,17,19,21). The Kier molecular flexibility index (Phi) is 7.86. The molecule has 0 spiro atoms. The van der Waals surface area contributed by atoms with E-state index in [0.717, 1.165) is 19.1 Å². The van der Waals surface area contributed by atoms with Gasteiger partial charge in [-0.3, -0.25) is 14.8 Å². The highest BCUT2D eigenvalue weighted by Crippen LogP contribution is 2.17. The second-order valence-electron chi connectivity index (χ2n) is 5.15. The van der Waals surface area contributed by atoms with E-state index in [4.69, 9.17) is 4.74 Å². The SMILES string of the molecule is CCCCNC(=O)NC(=O)COC(=O)c1ccccc1NS(C)(=O)=O. The lowest BCUT2D eigenvalue weighted by atomic mass is 10.2. The van der Waals surface area contributed by atoms with Crippen LogP contribution < -0.4 is 15.4 Å². The molecular weight excluding hydrogens is 350 g/mol. The molecule has 0 saturated heterocycles. The van der Waals surface area contributed by atoms with Crippen LogP contribution >= 0.6 is 0 Å². The van der Waals surface area contributed by atoms with Gasteiger partial charge in [-0.25, -0.2) is 18.0 Å². The first-order valence-corrected chi connectivity index (χ1v) is 9.43. The first kappa shape index (κ1) is 20.4. The maximum absolute atomic E-state index is 12.0. The number of carbonyl (C=O) groups is 3. The lowest BCUT2D eigenvalue weighted by Gasteiger charge is -2.10. The van der Waals surface area contributed by atoms with Crippen molar-refractivity contribution in [1.82, 2.24) is 10.6 Å². The van der Waals surface area contributed by atoms with Crippen LogP contribution in [0.15, 0.2) is 24.3 Å². The molecule has 0 saturated carbocycles. The molecule has 3 amide bonds. The highest BCUT2D eigenvalue weighted by atomic mass is 32.2. The summed E-state index contributed by atoms with van der Waals surface area (Å²) in [5, 5.41) is 4.50. The third-order valence-corrected chi connectivity index (χ3v) is 3.44. The van der Waals surface area contributed by atoms with E-state index in [0.29, 0.717) is 6.54 Å². The van der Waals surface area contributed by atoms with E-state index < -0.39 is 34.5 Å². The van der Waals surface area contributed by atoms with Gasteiger partial charge in [0, 0.05) is 6.54 Å². The zero-order chi connectivity index (χ0) is 18.9. The van der Waals surface area contributed by atoms with Gasteiger partial charge >= 0.3 is 12.0 Å². The Labute approximate surface area is 146 Å². The highest BCUT2D eigenvalue weighted by molar-refractivity contribution is 7.92. The number of sulfonamides is 1. The summed E-state index contributed by atoms with van der Waals surface area (Å²) in [6.07, 6.45) is 2.62. The predicted octanol–water partition coefficient (Wildman–Crippen LogP) is 0.841. The van der Waals surface area contributed by atoms with Crippen LogP contribution in [-0.4, -0.2) is 45.7 Å². The molecule has 0 heterocycles. The van der Waals surface area contributed by atoms with Crippen molar-refractivity contribution in [2.24, 2.45) is 0 Å². The van der Waals surface area contributed by atoms with E-state index in [1.807, 2.05) is 12.2 Å². The summed E-state index contributed by atoms with van der Waals surface area (Å²) in [4.78, 5) is 35.0. The number of para-hydroxylation sites is 1. The van der Waals surface area contributed by atoms with Gasteiger partial charge in [0.25, 0.3) is 5.91 Å². The van der Waals surface area contributed by atoms with Gasteiger partial charge in [0.05, 0.1) is 17.5 Å². The van der Waals surface area contributed by atoms with Gasteiger partial charge in [0.15, 0.2) is 6.61 Å². The predicted molar refractivity (Wildman–Crippen MR) is 91.6 cm³/mol. The molecule has 3 N–H and O–H groups in total. The minimum absolute atomic E-state index is 0.0349. The third-order valence-electron chi connectivity index (χ3n) is 2.85. The Balaban J connectivity index is 2.57. The lowest BCUT2D eigenvalue weighted by molar-refractivity contribution is -0.123. The average molecular weight is 371 g/mol. The van der Waals surface area contributed by atoms with Gasteiger partial charge in [0.2, 0.25) is 10.0 Å². The van der Waals surface area contributed by atoms with Gasteiger partial charge in [-0.2, -0.15) is 0 Å². The Hall–Kier alpha value is -2.62. The van der Waals surface area contributed by atoms with E-state index in [1.165, 1.54) is 24.3 Å². The van der Waals surface area contributed by atoms with Gasteiger partial charge in [0.1, 0.15) is 0 Å². The maximum Gasteiger partial charge on any atom is 0.340 e. The van der Waals surface area contributed by atoms with Crippen LogP contribution in [0.5, 0.6) is 0 Å². The zero-order valence-electron chi connectivity index (χ0n) is 14.0. The van der Waals surface area contributed by atoms with Crippen LogP contribution in [0.3, 0.4) is 0 Å². The summed E-state index contributed by atoms with van der Waals surface area (Å²) in [7, 11) is -3.58. The second-order valence-corrected chi connectivity index (χ2v) is 6.90. The van der Waals surface area contributed by atoms with Gasteiger partial charge in [-0.15, -0.1) is 0 Å². The number of rotatable bonds is 8. The van der Waals surface area contributed by atoms with E-state index in [2.05, 4.69) is 10.0 Å². The molecule has 0 aliphatic carbocycles. The minimum atomic E-state index is -3.58. The van der Waals surface area contributed by atoms with Crippen LogP contribution in [0.25, 0.3) is 0 Å². The fourth-order valence-corrected chi connectivity index (χ4v) is 2.32. The number of anilines is 1. The number of ether oxygens (including phenoxy) is 1. The van der Waals surface area contributed by atoms with Crippen molar-refractivity contribution >= 4 is 33.6 Å². The van der Waals surface area contributed by atoms with E-state index in [9.17, 15) is 22.8 Å². The summed E-state index contributed by atoms with van der Waals surface area (Å²) >= 11 is 0. The number of amides is 3. The Morgan fingerprint density at radius 2 is 1.84 bits per heavy atom. The average Bonchev–Trinajstić information content (AvgIpc) is 2.52. The molecule has 10 heteroatoms. The number of esters is 1. The first-order chi connectivity index (χ1) is 11.7. The van der Waals surface area contributed by atoms with Crippen molar-refractivity contribution < 1.29 is 27.5 Å². The molecule has 0 fully saturated rings. The van der Waals surface area contributed by atoms with Gasteiger partial charge in [-0.05, 0) is 18.6 Å². The molecular formula is C15H21N3O6S. The summed E-state index contributed by atoms with van der Waals surface area (Å²) < 4.78 is 29.6. The van der Waals surface area contributed by atoms with Crippen molar-refractivity contribution in [2.45, 2.75) is 19.8 Å². The molecule has 0 aliphatic heterocycles. The molecule has 1 aromatic rings. The van der Waals surface area contributed by atoms with Crippen molar-refractivity contribution in [3.63, 3.8) is 0 Å².